The van der Waals surface area contributed by atoms with Crippen molar-refractivity contribution in [2.75, 3.05) is 27.3 Å². The number of nitrogens with one attached hydrogen (secondary N) is 1. The first-order chi connectivity index (χ1) is 10.2. The number of piperidine rings is 1. The van der Waals surface area contributed by atoms with E-state index in [0.29, 0.717) is 6.54 Å². The fourth-order valence-electron chi connectivity index (χ4n) is 2.78. The van der Waals surface area contributed by atoms with Crippen LogP contribution in [0.1, 0.15) is 18.4 Å². The zero-order valence-corrected chi connectivity index (χ0v) is 12.6. The Hall–Kier alpha value is -1.79. The summed E-state index contributed by atoms with van der Waals surface area (Å²) in [6.45, 7) is 2.41. The van der Waals surface area contributed by atoms with Gasteiger partial charge in [-0.15, -0.1) is 0 Å². The average Bonchev–Trinajstić information content (AvgIpc) is 2.54. The molecule has 1 atom stereocenters. The molecular formula is C15H23N3O3. The minimum Gasteiger partial charge on any atom is -0.497 e. The lowest BCUT2D eigenvalue weighted by molar-refractivity contribution is -0.126. The summed E-state index contributed by atoms with van der Waals surface area (Å²) in [6.07, 6.45) is 1.87. The van der Waals surface area contributed by atoms with Gasteiger partial charge in [-0.1, -0.05) is 0 Å². The molecule has 0 bridgehead atoms. The standard InChI is InChI=1S/C15H23N3O3/c1-20-13-5-6-14(21-2)12(8-13)10-18-7-3-4-11(9-18)15(19)17-16/h5-6,8,11H,3-4,7,9-10,16H2,1-2H3,(H,17,19)/t11-/m1/s1. The van der Waals surface area contributed by atoms with Crippen LogP contribution in [0.2, 0.25) is 0 Å². The summed E-state index contributed by atoms with van der Waals surface area (Å²) in [5, 5.41) is 0. The van der Waals surface area contributed by atoms with Gasteiger partial charge in [0.15, 0.2) is 0 Å². The van der Waals surface area contributed by atoms with Gasteiger partial charge in [-0.3, -0.25) is 15.1 Å². The minimum absolute atomic E-state index is 0.0413. The molecule has 6 nitrogen and oxygen atoms in total. The first-order valence-corrected chi connectivity index (χ1v) is 7.11. The monoisotopic (exact) mass is 293 g/mol. The van der Waals surface area contributed by atoms with Crippen LogP contribution < -0.4 is 20.7 Å². The van der Waals surface area contributed by atoms with Crippen molar-refractivity contribution in [2.45, 2.75) is 19.4 Å². The summed E-state index contributed by atoms with van der Waals surface area (Å²) in [7, 11) is 3.31. The van der Waals surface area contributed by atoms with E-state index in [0.717, 1.165) is 43.0 Å². The Kier molecular flexibility index (Phi) is 5.41. The van der Waals surface area contributed by atoms with Crippen molar-refractivity contribution in [3.05, 3.63) is 23.8 Å². The van der Waals surface area contributed by atoms with Crippen molar-refractivity contribution in [2.24, 2.45) is 11.8 Å². The zero-order chi connectivity index (χ0) is 15.2. The smallest absolute Gasteiger partial charge is 0.238 e. The SMILES string of the molecule is COc1ccc(OC)c(CN2CCC[C@@H](C(=O)NN)C2)c1. The molecular weight excluding hydrogens is 270 g/mol. The van der Waals surface area contributed by atoms with Crippen molar-refractivity contribution in [3.8, 4) is 11.5 Å². The maximum Gasteiger partial charge on any atom is 0.238 e. The number of methoxy groups -OCH3 is 2. The lowest BCUT2D eigenvalue weighted by atomic mass is 9.97. The highest BCUT2D eigenvalue weighted by atomic mass is 16.5. The summed E-state index contributed by atoms with van der Waals surface area (Å²) in [4.78, 5) is 13.9. The topological polar surface area (TPSA) is 76.8 Å². The number of rotatable bonds is 5. The molecule has 0 spiro atoms. The van der Waals surface area contributed by atoms with E-state index in [1.165, 1.54) is 0 Å². The Morgan fingerprint density at radius 3 is 2.90 bits per heavy atom. The van der Waals surface area contributed by atoms with Crippen LogP contribution in [-0.2, 0) is 11.3 Å². The Labute approximate surface area is 125 Å². The van der Waals surface area contributed by atoms with Crippen LogP contribution in [0.3, 0.4) is 0 Å². The van der Waals surface area contributed by atoms with E-state index in [-0.39, 0.29) is 11.8 Å². The van der Waals surface area contributed by atoms with Crippen LogP contribution in [0.15, 0.2) is 18.2 Å². The second-order valence-corrected chi connectivity index (χ2v) is 5.26. The molecule has 0 aliphatic carbocycles. The van der Waals surface area contributed by atoms with Gasteiger partial charge < -0.3 is 9.47 Å². The maximum atomic E-state index is 11.7. The highest BCUT2D eigenvalue weighted by molar-refractivity contribution is 5.78. The van der Waals surface area contributed by atoms with Gasteiger partial charge in [0.1, 0.15) is 11.5 Å². The molecule has 0 aromatic heterocycles. The molecule has 21 heavy (non-hydrogen) atoms. The van der Waals surface area contributed by atoms with E-state index in [2.05, 4.69) is 10.3 Å². The normalized spacial score (nSPS) is 19.1. The Bertz CT molecular complexity index is 493. The molecule has 1 saturated heterocycles. The number of benzene rings is 1. The molecule has 1 aliphatic heterocycles. The predicted octanol–water partition coefficient (Wildman–Crippen LogP) is 0.906. The second kappa shape index (κ2) is 7.28. The molecule has 6 heteroatoms. The molecule has 1 aromatic carbocycles. The molecule has 0 saturated carbocycles. The van der Waals surface area contributed by atoms with Gasteiger partial charge in [0.25, 0.3) is 0 Å². The number of likely N-dealkylation sites (tertiary alicyclic amines) is 1. The van der Waals surface area contributed by atoms with Gasteiger partial charge in [-0.2, -0.15) is 0 Å². The number of nitrogens with zero attached hydrogens (tertiary/aromatic N) is 1. The van der Waals surface area contributed by atoms with Crippen LogP contribution in [0, 0.1) is 5.92 Å². The van der Waals surface area contributed by atoms with E-state index in [4.69, 9.17) is 15.3 Å². The fraction of sp³-hybridized carbons (Fsp3) is 0.533. The molecule has 116 valence electrons. The highest BCUT2D eigenvalue weighted by Crippen LogP contribution is 2.27. The zero-order valence-electron chi connectivity index (χ0n) is 12.6. The number of hydrogen-bond acceptors (Lipinski definition) is 5. The van der Waals surface area contributed by atoms with E-state index >= 15 is 0 Å². The van der Waals surface area contributed by atoms with Gasteiger partial charge in [0.05, 0.1) is 20.1 Å². The van der Waals surface area contributed by atoms with E-state index in [1.807, 2.05) is 18.2 Å². The number of hydrogen-bond donors (Lipinski definition) is 2. The molecule has 1 aromatic rings. The largest absolute Gasteiger partial charge is 0.497 e. The molecule has 1 aliphatic rings. The van der Waals surface area contributed by atoms with Gasteiger partial charge >= 0.3 is 0 Å². The van der Waals surface area contributed by atoms with E-state index < -0.39 is 0 Å². The van der Waals surface area contributed by atoms with Crippen molar-refractivity contribution >= 4 is 5.91 Å². The lowest BCUT2D eigenvalue weighted by Gasteiger charge is -2.32. The number of amides is 1. The lowest BCUT2D eigenvalue weighted by Crippen LogP contribution is -2.44. The summed E-state index contributed by atoms with van der Waals surface area (Å²) >= 11 is 0. The Morgan fingerprint density at radius 1 is 1.43 bits per heavy atom. The van der Waals surface area contributed by atoms with Gasteiger partial charge in [0, 0.05) is 18.7 Å². The van der Waals surface area contributed by atoms with Gasteiger partial charge in [-0.25, -0.2) is 5.84 Å². The minimum atomic E-state index is -0.0858. The van der Waals surface area contributed by atoms with E-state index in [1.54, 1.807) is 14.2 Å². The number of carbonyl (C=O) groups excluding carboxylic acids is 1. The third-order valence-electron chi connectivity index (χ3n) is 3.90. The number of carbonyl (C=O) groups is 1. The number of nitrogens with two attached hydrogens (primary N) is 1. The first kappa shape index (κ1) is 15.6. The highest BCUT2D eigenvalue weighted by Gasteiger charge is 2.25. The van der Waals surface area contributed by atoms with Crippen LogP contribution in [-0.4, -0.2) is 38.1 Å². The molecule has 0 radical (unpaired) electrons. The van der Waals surface area contributed by atoms with Crippen molar-refractivity contribution in [1.82, 2.24) is 10.3 Å². The quantitative estimate of drug-likeness (QED) is 0.479. The summed E-state index contributed by atoms with van der Waals surface area (Å²) in [5.74, 6) is 6.74. The van der Waals surface area contributed by atoms with Crippen molar-refractivity contribution < 1.29 is 14.3 Å². The van der Waals surface area contributed by atoms with Gasteiger partial charge in [-0.05, 0) is 37.6 Å². The predicted molar refractivity (Wildman–Crippen MR) is 79.9 cm³/mol. The molecule has 0 unspecified atom stereocenters. The third kappa shape index (κ3) is 3.86. The Balaban J connectivity index is 2.08. The Morgan fingerprint density at radius 2 is 2.24 bits per heavy atom. The molecule has 1 heterocycles. The van der Waals surface area contributed by atoms with Crippen LogP contribution in [0.25, 0.3) is 0 Å². The second-order valence-electron chi connectivity index (χ2n) is 5.26. The van der Waals surface area contributed by atoms with Crippen LogP contribution >= 0.6 is 0 Å². The fourth-order valence-corrected chi connectivity index (χ4v) is 2.78. The third-order valence-corrected chi connectivity index (χ3v) is 3.90. The van der Waals surface area contributed by atoms with Gasteiger partial charge in [0.2, 0.25) is 5.91 Å². The summed E-state index contributed by atoms with van der Waals surface area (Å²) in [6, 6.07) is 5.76. The summed E-state index contributed by atoms with van der Waals surface area (Å²) in [5.41, 5.74) is 3.31. The van der Waals surface area contributed by atoms with Crippen LogP contribution in [0.5, 0.6) is 11.5 Å². The molecule has 1 fully saturated rings. The molecule has 3 N–H and O–H groups in total. The average molecular weight is 293 g/mol. The van der Waals surface area contributed by atoms with Crippen LogP contribution in [0.4, 0.5) is 0 Å². The number of hydrazine groups is 1. The molecule has 1 amide bonds. The maximum absolute atomic E-state index is 11.7. The first-order valence-electron chi connectivity index (χ1n) is 7.11. The van der Waals surface area contributed by atoms with E-state index in [9.17, 15) is 4.79 Å². The number of ether oxygens (including phenoxy) is 2. The molecule has 2 rings (SSSR count). The van der Waals surface area contributed by atoms with Crippen molar-refractivity contribution in [1.29, 1.82) is 0 Å². The summed E-state index contributed by atoms with van der Waals surface area (Å²) < 4.78 is 10.7. The van der Waals surface area contributed by atoms with Crippen molar-refractivity contribution in [3.63, 3.8) is 0 Å².